The molecule has 1 aliphatic rings. The van der Waals surface area contributed by atoms with E-state index in [0.717, 1.165) is 25.0 Å². The molecule has 0 aromatic heterocycles. The summed E-state index contributed by atoms with van der Waals surface area (Å²) in [6, 6.07) is 2.87. The zero-order chi connectivity index (χ0) is 13.8. The van der Waals surface area contributed by atoms with Crippen LogP contribution in [0.4, 0.5) is 8.78 Å². The molecule has 2 rings (SSSR count). The molecule has 1 saturated heterocycles. The molecule has 4 nitrogen and oxygen atoms in total. The minimum absolute atomic E-state index is 0.00637. The maximum absolute atomic E-state index is 13.0. The molecule has 1 heterocycles. The monoisotopic (exact) mass is 268 g/mol. The van der Waals surface area contributed by atoms with E-state index in [1.165, 1.54) is 6.07 Å². The number of halogens is 2. The van der Waals surface area contributed by atoms with Crippen molar-refractivity contribution in [3.8, 4) is 0 Å². The van der Waals surface area contributed by atoms with E-state index in [1.54, 1.807) is 4.90 Å². The van der Waals surface area contributed by atoms with Gasteiger partial charge in [0.15, 0.2) is 11.6 Å². The standard InChI is InChI=1S/C13H14F2N2O2/c14-10-4-3-9(7-11(10)15)13(19)16-8-12(18)17-5-1-2-6-17/h3-4,7H,1-2,5-6,8H2,(H,16,19). The normalized spacial score (nSPS) is 14.5. The highest BCUT2D eigenvalue weighted by molar-refractivity contribution is 5.96. The van der Waals surface area contributed by atoms with Gasteiger partial charge in [-0.2, -0.15) is 0 Å². The number of hydrogen-bond donors (Lipinski definition) is 1. The number of amides is 2. The first-order chi connectivity index (χ1) is 9.08. The second-order valence-electron chi connectivity index (χ2n) is 4.40. The fraction of sp³-hybridized carbons (Fsp3) is 0.385. The zero-order valence-electron chi connectivity index (χ0n) is 10.3. The summed E-state index contributed by atoms with van der Waals surface area (Å²) in [6.07, 6.45) is 1.95. The van der Waals surface area contributed by atoms with Crippen molar-refractivity contribution in [2.75, 3.05) is 19.6 Å². The largest absolute Gasteiger partial charge is 0.343 e. The first kappa shape index (κ1) is 13.5. The summed E-state index contributed by atoms with van der Waals surface area (Å²) < 4.78 is 25.7. The van der Waals surface area contributed by atoms with Crippen LogP contribution in [0.15, 0.2) is 18.2 Å². The molecule has 1 aromatic rings. The third-order valence-corrected chi connectivity index (χ3v) is 3.04. The molecule has 0 radical (unpaired) electrons. The van der Waals surface area contributed by atoms with Crippen LogP contribution in [-0.4, -0.2) is 36.3 Å². The Morgan fingerprint density at radius 2 is 1.84 bits per heavy atom. The minimum atomic E-state index is -1.08. The van der Waals surface area contributed by atoms with Crippen LogP contribution < -0.4 is 5.32 Å². The van der Waals surface area contributed by atoms with Crippen LogP contribution >= 0.6 is 0 Å². The van der Waals surface area contributed by atoms with Crippen LogP contribution in [-0.2, 0) is 4.79 Å². The molecular weight excluding hydrogens is 254 g/mol. The molecule has 1 N–H and O–H groups in total. The molecule has 2 amide bonds. The number of nitrogens with one attached hydrogen (secondary N) is 1. The smallest absolute Gasteiger partial charge is 0.251 e. The van der Waals surface area contributed by atoms with E-state index in [2.05, 4.69) is 5.32 Å². The van der Waals surface area contributed by atoms with Crippen LogP contribution in [0.25, 0.3) is 0 Å². The van der Waals surface area contributed by atoms with Crippen molar-refractivity contribution in [3.05, 3.63) is 35.4 Å². The minimum Gasteiger partial charge on any atom is -0.343 e. The van der Waals surface area contributed by atoms with Gasteiger partial charge in [-0.1, -0.05) is 0 Å². The van der Waals surface area contributed by atoms with Crippen LogP contribution in [0.1, 0.15) is 23.2 Å². The maximum Gasteiger partial charge on any atom is 0.251 e. The van der Waals surface area contributed by atoms with Gasteiger partial charge in [0.05, 0.1) is 6.54 Å². The van der Waals surface area contributed by atoms with Gasteiger partial charge in [0.2, 0.25) is 5.91 Å². The summed E-state index contributed by atoms with van der Waals surface area (Å²) in [5.41, 5.74) is -0.00637. The van der Waals surface area contributed by atoms with E-state index >= 15 is 0 Å². The predicted molar refractivity (Wildman–Crippen MR) is 64.5 cm³/mol. The molecule has 1 fully saturated rings. The van der Waals surface area contributed by atoms with Gasteiger partial charge in [-0.15, -0.1) is 0 Å². The van der Waals surface area contributed by atoms with E-state index in [0.29, 0.717) is 13.1 Å². The summed E-state index contributed by atoms with van der Waals surface area (Å²) in [6.45, 7) is 1.29. The van der Waals surface area contributed by atoms with E-state index < -0.39 is 17.5 Å². The topological polar surface area (TPSA) is 49.4 Å². The van der Waals surface area contributed by atoms with Crippen LogP contribution in [0, 0.1) is 11.6 Å². The van der Waals surface area contributed by atoms with Crippen molar-refractivity contribution in [1.29, 1.82) is 0 Å². The highest BCUT2D eigenvalue weighted by Crippen LogP contribution is 2.09. The molecule has 102 valence electrons. The molecule has 1 aliphatic heterocycles. The summed E-state index contributed by atoms with van der Waals surface area (Å²) in [7, 11) is 0. The summed E-state index contributed by atoms with van der Waals surface area (Å²) in [5, 5.41) is 2.40. The molecule has 6 heteroatoms. The van der Waals surface area contributed by atoms with Gasteiger partial charge in [-0.3, -0.25) is 9.59 Å². The highest BCUT2D eigenvalue weighted by atomic mass is 19.2. The van der Waals surface area contributed by atoms with Crippen molar-refractivity contribution in [2.45, 2.75) is 12.8 Å². The Labute approximate surface area is 109 Å². The fourth-order valence-corrected chi connectivity index (χ4v) is 1.97. The number of rotatable bonds is 3. The molecule has 0 bridgehead atoms. The fourth-order valence-electron chi connectivity index (χ4n) is 1.97. The zero-order valence-corrected chi connectivity index (χ0v) is 10.3. The number of nitrogens with zero attached hydrogens (tertiary/aromatic N) is 1. The quantitative estimate of drug-likeness (QED) is 0.898. The second kappa shape index (κ2) is 5.77. The Balaban J connectivity index is 1.90. The van der Waals surface area contributed by atoms with E-state index in [4.69, 9.17) is 0 Å². The molecule has 0 spiro atoms. The SMILES string of the molecule is O=C(NCC(=O)N1CCCC1)c1ccc(F)c(F)c1. The lowest BCUT2D eigenvalue weighted by Gasteiger charge is -2.15. The third-order valence-electron chi connectivity index (χ3n) is 3.04. The van der Waals surface area contributed by atoms with Gasteiger partial charge in [0, 0.05) is 18.7 Å². The lowest BCUT2D eigenvalue weighted by Crippen LogP contribution is -2.38. The molecule has 0 atom stereocenters. The van der Waals surface area contributed by atoms with Gasteiger partial charge < -0.3 is 10.2 Å². The summed E-state index contributed by atoms with van der Waals surface area (Å²) in [5.74, 6) is -2.84. The Kier molecular flexibility index (Phi) is 4.09. The van der Waals surface area contributed by atoms with Crippen LogP contribution in [0.2, 0.25) is 0 Å². The van der Waals surface area contributed by atoms with E-state index in [-0.39, 0.29) is 18.0 Å². The van der Waals surface area contributed by atoms with Crippen molar-refractivity contribution in [1.82, 2.24) is 10.2 Å². The number of benzene rings is 1. The highest BCUT2D eigenvalue weighted by Gasteiger charge is 2.18. The van der Waals surface area contributed by atoms with Gasteiger partial charge >= 0.3 is 0 Å². The maximum atomic E-state index is 13.0. The van der Waals surface area contributed by atoms with Crippen molar-refractivity contribution in [3.63, 3.8) is 0 Å². The Hall–Kier alpha value is -1.98. The Bertz CT molecular complexity index is 499. The second-order valence-corrected chi connectivity index (χ2v) is 4.40. The van der Waals surface area contributed by atoms with Gasteiger partial charge in [0.25, 0.3) is 5.91 Å². The molecule has 0 aliphatic carbocycles. The Morgan fingerprint density at radius 1 is 1.16 bits per heavy atom. The molecule has 0 unspecified atom stereocenters. The molecule has 19 heavy (non-hydrogen) atoms. The predicted octanol–water partition coefficient (Wildman–Crippen LogP) is 1.32. The van der Waals surface area contributed by atoms with Crippen molar-refractivity contribution < 1.29 is 18.4 Å². The van der Waals surface area contributed by atoms with E-state index in [9.17, 15) is 18.4 Å². The van der Waals surface area contributed by atoms with Crippen LogP contribution in [0.3, 0.4) is 0 Å². The van der Waals surface area contributed by atoms with E-state index in [1.807, 2.05) is 0 Å². The third kappa shape index (κ3) is 3.27. The molecule has 1 aromatic carbocycles. The number of carbonyl (C=O) groups excluding carboxylic acids is 2. The number of hydrogen-bond acceptors (Lipinski definition) is 2. The first-order valence-corrected chi connectivity index (χ1v) is 6.09. The lowest BCUT2D eigenvalue weighted by atomic mass is 10.2. The summed E-state index contributed by atoms with van der Waals surface area (Å²) >= 11 is 0. The van der Waals surface area contributed by atoms with Gasteiger partial charge in [0.1, 0.15) is 0 Å². The summed E-state index contributed by atoms with van der Waals surface area (Å²) in [4.78, 5) is 25.0. The van der Waals surface area contributed by atoms with Gasteiger partial charge in [-0.05, 0) is 31.0 Å². The van der Waals surface area contributed by atoms with Gasteiger partial charge in [-0.25, -0.2) is 8.78 Å². The number of carbonyl (C=O) groups is 2. The average Bonchev–Trinajstić information content (AvgIpc) is 2.92. The number of likely N-dealkylation sites (tertiary alicyclic amines) is 1. The average molecular weight is 268 g/mol. The molecule has 0 saturated carbocycles. The van der Waals surface area contributed by atoms with Crippen molar-refractivity contribution in [2.24, 2.45) is 0 Å². The Morgan fingerprint density at radius 3 is 2.47 bits per heavy atom. The molecular formula is C13H14F2N2O2. The lowest BCUT2D eigenvalue weighted by molar-refractivity contribution is -0.129. The van der Waals surface area contributed by atoms with Crippen LogP contribution in [0.5, 0.6) is 0 Å². The van der Waals surface area contributed by atoms with Crippen molar-refractivity contribution >= 4 is 11.8 Å². The first-order valence-electron chi connectivity index (χ1n) is 6.09.